The highest BCUT2D eigenvalue weighted by Gasteiger charge is 2.44. The molecule has 3 heterocycles. The van der Waals surface area contributed by atoms with Gasteiger partial charge in [0.25, 0.3) is 0 Å². The second-order valence-corrected chi connectivity index (χ2v) is 7.07. The van der Waals surface area contributed by atoms with E-state index in [-0.39, 0.29) is 11.4 Å². The van der Waals surface area contributed by atoms with Crippen molar-refractivity contribution in [2.45, 2.75) is 38.0 Å². The minimum absolute atomic E-state index is 0.141. The Morgan fingerprint density at radius 2 is 1.61 bits per heavy atom. The summed E-state index contributed by atoms with van der Waals surface area (Å²) in [5.41, 5.74) is 5.21. The number of rotatable bonds is 7. The van der Waals surface area contributed by atoms with Gasteiger partial charge in [-0.3, -0.25) is 19.7 Å². The SMILES string of the molecule is CCOC(=O)CCCC1(Cc2ccncc2)c2cccnc2-c2ncccc21. The summed E-state index contributed by atoms with van der Waals surface area (Å²) in [6.07, 6.45) is 10.1. The minimum atomic E-state index is -0.263. The van der Waals surface area contributed by atoms with Gasteiger partial charge in [0, 0.05) is 36.6 Å². The molecule has 1 aliphatic rings. The van der Waals surface area contributed by atoms with Crippen LogP contribution in [0.2, 0.25) is 0 Å². The van der Waals surface area contributed by atoms with Crippen LogP contribution in [0, 0.1) is 0 Å². The second-order valence-electron chi connectivity index (χ2n) is 7.07. The van der Waals surface area contributed by atoms with Gasteiger partial charge in [0.15, 0.2) is 0 Å². The van der Waals surface area contributed by atoms with E-state index in [1.165, 1.54) is 16.7 Å². The lowest BCUT2D eigenvalue weighted by Crippen LogP contribution is -2.29. The first kappa shape index (κ1) is 18.3. The highest BCUT2D eigenvalue weighted by Crippen LogP contribution is 2.51. The zero-order valence-corrected chi connectivity index (χ0v) is 16.0. The molecule has 4 rings (SSSR count). The van der Waals surface area contributed by atoms with Crippen LogP contribution >= 0.6 is 0 Å². The quantitative estimate of drug-likeness (QED) is 0.583. The van der Waals surface area contributed by atoms with E-state index >= 15 is 0 Å². The molecule has 0 unspecified atom stereocenters. The Hall–Kier alpha value is -3.08. The Morgan fingerprint density at radius 1 is 0.964 bits per heavy atom. The van der Waals surface area contributed by atoms with Crippen LogP contribution in [-0.4, -0.2) is 27.5 Å². The average molecular weight is 373 g/mol. The fraction of sp³-hybridized carbons (Fsp3) is 0.304. The number of carbonyl (C=O) groups is 1. The predicted molar refractivity (Wildman–Crippen MR) is 107 cm³/mol. The zero-order chi connectivity index (χ0) is 19.4. The largest absolute Gasteiger partial charge is 0.466 e. The number of aromatic nitrogens is 3. The topological polar surface area (TPSA) is 65.0 Å². The third kappa shape index (κ3) is 3.28. The summed E-state index contributed by atoms with van der Waals surface area (Å²) in [6.45, 7) is 2.25. The summed E-state index contributed by atoms with van der Waals surface area (Å²) >= 11 is 0. The number of pyridine rings is 3. The van der Waals surface area contributed by atoms with E-state index in [1.807, 2.05) is 43.8 Å². The number of ether oxygens (including phenoxy) is 1. The zero-order valence-electron chi connectivity index (χ0n) is 16.0. The molecule has 0 saturated carbocycles. The van der Waals surface area contributed by atoms with E-state index < -0.39 is 0 Å². The number of esters is 1. The van der Waals surface area contributed by atoms with Gasteiger partial charge >= 0.3 is 5.97 Å². The van der Waals surface area contributed by atoms with Crippen LogP contribution in [0.15, 0.2) is 61.2 Å². The van der Waals surface area contributed by atoms with Crippen molar-refractivity contribution >= 4 is 5.97 Å². The van der Waals surface area contributed by atoms with Gasteiger partial charge in [-0.1, -0.05) is 12.1 Å². The molecular formula is C23H23N3O2. The van der Waals surface area contributed by atoms with Crippen molar-refractivity contribution in [3.05, 3.63) is 77.9 Å². The molecule has 0 saturated heterocycles. The normalized spacial score (nSPS) is 13.6. The van der Waals surface area contributed by atoms with Gasteiger partial charge < -0.3 is 4.74 Å². The predicted octanol–water partition coefficient (Wildman–Crippen LogP) is 4.11. The van der Waals surface area contributed by atoms with Gasteiger partial charge in [0.2, 0.25) is 0 Å². The highest BCUT2D eigenvalue weighted by atomic mass is 16.5. The van der Waals surface area contributed by atoms with E-state index in [0.29, 0.717) is 13.0 Å². The molecule has 0 fully saturated rings. The minimum Gasteiger partial charge on any atom is -0.466 e. The molecule has 3 aromatic rings. The standard InChI is InChI=1S/C23H23N3O2/c1-2-28-20(27)8-3-11-23(16-17-9-14-24-15-10-17)18-6-4-12-25-21(18)22-19(23)7-5-13-26-22/h4-7,9-10,12-15H,2-3,8,11,16H2,1H3. The van der Waals surface area contributed by atoms with Crippen molar-refractivity contribution in [1.29, 1.82) is 0 Å². The van der Waals surface area contributed by atoms with Gasteiger partial charge in [0.1, 0.15) is 0 Å². The lowest BCUT2D eigenvalue weighted by Gasteiger charge is -2.32. The molecule has 0 aromatic carbocycles. The summed E-state index contributed by atoms with van der Waals surface area (Å²) in [5, 5.41) is 0. The monoisotopic (exact) mass is 373 g/mol. The van der Waals surface area contributed by atoms with Crippen LogP contribution < -0.4 is 0 Å². The van der Waals surface area contributed by atoms with Crippen LogP contribution in [0.4, 0.5) is 0 Å². The molecular weight excluding hydrogens is 350 g/mol. The maximum Gasteiger partial charge on any atom is 0.305 e. The summed E-state index contributed by atoms with van der Waals surface area (Å²) in [5.74, 6) is -0.141. The maximum absolute atomic E-state index is 11.9. The molecule has 0 aliphatic heterocycles. The Bertz CT molecular complexity index is 927. The number of hydrogen-bond acceptors (Lipinski definition) is 5. The Labute approximate surface area is 164 Å². The van der Waals surface area contributed by atoms with Crippen molar-refractivity contribution in [3.63, 3.8) is 0 Å². The smallest absolute Gasteiger partial charge is 0.305 e. The highest BCUT2D eigenvalue weighted by molar-refractivity contribution is 5.75. The summed E-state index contributed by atoms with van der Waals surface area (Å²) in [7, 11) is 0. The number of fused-ring (bicyclic) bond motifs is 3. The lowest BCUT2D eigenvalue weighted by atomic mass is 9.71. The van der Waals surface area contributed by atoms with Gasteiger partial charge in [-0.15, -0.1) is 0 Å². The van der Waals surface area contributed by atoms with Gasteiger partial charge in [-0.2, -0.15) is 0 Å². The van der Waals surface area contributed by atoms with Crippen molar-refractivity contribution in [3.8, 4) is 11.4 Å². The first-order valence-corrected chi connectivity index (χ1v) is 9.70. The van der Waals surface area contributed by atoms with Crippen molar-refractivity contribution < 1.29 is 9.53 Å². The van der Waals surface area contributed by atoms with E-state index in [2.05, 4.69) is 39.2 Å². The van der Waals surface area contributed by atoms with Crippen LogP contribution in [0.1, 0.15) is 42.9 Å². The third-order valence-corrected chi connectivity index (χ3v) is 5.42. The Kier molecular flexibility index (Phi) is 5.15. The molecule has 0 atom stereocenters. The summed E-state index contributed by atoms with van der Waals surface area (Å²) in [4.78, 5) is 25.4. The first-order chi connectivity index (χ1) is 13.7. The molecule has 0 spiro atoms. The number of carbonyl (C=O) groups excluding carboxylic acids is 1. The van der Waals surface area contributed by atoms with Crippen molar-refractivity contribution in [2.24, 2.45) is 0 Å². The molecule has 5 nitrogen and oxygen atoms in total. The molecule has 0 bridgehead atoms. The molecule has 142 valence electrons. The van der Waals surface area contributed by atoms with Crippen LogP contribution in [0.5, 0.6) is 0 Å². The fourth-order valence-electron chi connectivity index (χ4n) is 4.27. The maximum atomic E-state index is 11.9. The average Bonchev–Trinajstić information content (AvgIpc) is 3.00. The second kappa shape index (κ2) is 7.89. The third-order valence-electron chi connectivity index (χ3n) is 5.42. The number of nitrogens with zero attached hydrogens (tertiary/aromatic N) is 3. The molecule has 0 N–H and O–H groups in total. The van der Waals surface area contributed by atoms with E-state index in [4.69, 9.17) is 4.74 Å². The number of hydrogen-bond donors (Lipinski definition) is 0. The van der Waals surface area contributed by atoms with Crippen LogP contribution in [-0.2, 0) is 21.4 Å². The molecule has 28 heavy (non-hydrogen) atoms. The van der Waals surface area contributed by atoms with Crippen LogP contribution in [0.3, 0.4) is 0 Å². The van der Waals surface area contributed by atoms with Gasteiger partial charge in [0.05, 0.1) is 18.0 Å². The molecule has 0 amide bonds. The Morgan fingerprint density at radius 3 is 2.21 bits per heavy atom. The van der Waals surface area contributed by atoms with E-state index in [9.17, 15) is 4.79 Å². The summed E-state index contributed by atoms with van der Waals surface area (Å²) in [6, 6.07) is 12.4. The lowest BCUT2D eigenvalue weighted by molar-refractivity contribution is -0.143. The van der Waals surface area contributed by atoms with E-state index in [0.717, 1.165) is 30.7 Å². The fourth-order valence-corrected chi connectivity index (χ4v) is 4.27. The van der Waals surface area contributed by atoms with Gasteiger partial charge in [-0.25, -0.2) is 0 Å². The molecule has 5 heteroatoms. The van der Waals surface area contributed by atoms with Crippen molar-refractivity contribution in [1.82, 2.24) is 15.0 Å². The first-order valence-electron chi connectivity index (χ1n) is 9.70. The molecule has 0 radical (unpaired) electrons. The van der Waals surface area contributed by atoms with Crippen molar-refractivity contribution in [2.75, 3.05) is 6.61 Å². The van der Waals surface area contributed by atoms with E-state index in [1.54, 1.807) is 0 Å². The Balaban J connectivity index is 1.76. The van der Waals surface area contributed by atoms with Gasteiger partial charge in [-0.05, 0) is 67.1 Å². The molecule has 3 aromatic heterocycles. The molecule has 1 aliphatic carbocycles. The van der Waals surface area contributed by atoms with Crippen LogP contribution in [0.25, 0.3) is 11.4 Å². The summed E-state index contributed by atoms with van der Waals surface area (Å²) < 4.78 is 5.12.